The third kappa shape index (κ3) is 3.52. The molecule has 0 atom stereocenters. The van der Waals surface area contributed by atoms with Crippen LogP contribution in [0.5, 0.6) is 0 Å². The van der Waals surface area contributed by atoms with Crippen LogP contribution in [0.15, 0.2) is 30.6 Å². The number of carbonyl (C=O) groups is 2. The van der Waals surface area contributed by atoms with E-state index < -0.39 is 22.1 Å². The minimum Gasteiger partial charge on any atom is -0.332 e. The molecular formula is C15H18N6O4S. The van der Waals surface area contributed by atoms with Crippen LogP contribution >= 0.6 is 0 Å². The molecule has 10 nitrogen and oxygen atoms in total. The van der Waals surface area contributed by atoms with Crippen LogP contribution < -0.4 is 5.32 Å². The fourth-order valence-corrected chi connectivity index (χ4v) is 3.40. The van der Waals surface area contributed by atoms with Gasteiger partial charge in [0.05, 0.1) is 37.3 Å². The lowest BCUT2D eigenvalue weighted by atomic mass is 10.2. The van der Waals surface area contributed by atoms with E-state index >= 15 is 0 Å². The maximum Gasteiger partial charge on any atom is 0.341 e. The van der Waals surface area contributed by atoms with E-state index in [-0.39, 0.29) is 19.6 Å². The van der Waals surface area contributed by atoms with E-state index in [9.17, 15) is 18.0 Å². The monoisotopic (exact) mass is 378 g/mol. The summed E-state index contributed by atoms with van der Waals surface area (Å²) in [4.78, 5) is 29.2. The van der Waals surface area contributed by atoms with Crippen molar-refractivity contribution in [2.24, 2.45) is 7.05 Å². The molecule has 3 rings (SSSR count). The lowest BCUT2D eigenvalue weighted by Gasteiger charge is -2.16. The SMILES string of the molecule is Cn1nc(-c2cccnc2)cc1CNC(=O)N1CCN(S(C)(=O)=O)C1=O. The lowest BCUT2D eigenvalue weighted by molar-refractivity contribution is 0.193. The van der Waals surface area contributed by atoms with Gasteiger partial charge in [-0.15, -0.1) is 0 Å². The van der Waals surface area contributed by atoms with Gasteiger partial charge in [0, 0.05) is 25.0 Å². The fraction of sp³-hybridized carbons (Fsp3) is 0.333. The summed E-state index contributed by atoms with van der Waals surface area (Å²) in [5.74, 6) is 0. The average Bonchev–Trinajstić information content (AvgIpc) is 3.16. The fourth-order valence-electron chi connectivity index (χ4n) is 2.60. The molecule has 138 valence electrons. The quantitative estimate of drug-likeness (QED) is 0.822. The van der Waals surface area contributed by atoms with Crippen LogP contribution in [0.4, 0.5) is 9.59 Å². The second kappa shape index (κ2) is 6.75. The van der Waals surface area contributed by atoms with Crippen molar-refractivity contribution in [3.05, 3.63) is 36.3 Å². The number of imide groups is 1. The Morgan fingerprint density at radius 2 is 2.12 bits per heavy atom. The number of nitrogens with zero attached hydrogens (tertiary/aromatic N) is 5. The van der Waals surface area contributed by atoms with Gasteiger partial charge in [-0.1, -0.05) is 0 Å². The summed E-state index contributed by atoms with van der Waals surface area (Å²) >= 11 is 0. The molecule has 0 spiro atoms. The molecule has 0 aliphatic carbocycles. The highest BCUT2D eigenvalue weighted by atomic mass is 32.2. The number of hydrogen-bond donors (Lipinski definition) is 1. The van der Waals surface area contributed by atoms with Gasteiger partial charge in [0.25, 0.3) is 0 Å². The highest BCUT2D eigenvalue weighted by molar-refractivity contribution is 7.88. The van der Waals surface area contributed by atoms with Crippen molar-refractivity contribution in [1.29, 1.82) is 0 Å². The summed E-state index contributed by atoms with van der Waals surface area (Å²) in [5.41, 5.74) is 2.29. The normalized spacial score (nSPS) is 14.8. The van der Waals surface area contributed by atoms with Crippen LogP contribution in [-0.2, 0) is 23.6 Å². The van der Waals surface area contributed by atoms with Crippen molar-refractivity contribution in [1.82, 2.24) is 29.3 Å². The summed E-state index contributed by atoms with van der Waals surface area (Å²) in [6.45, 7) is 0.122. The molecule has 2 aromatic heterocycles. The van der Waals surface area contributed by atoms with Crippen LogP contribution in [-0.4, -0.2) is 63.8 Å². The van der Waals surface area contributed by atoms with Gasteiger partial charge in [-0.05, 0) is 18.2 Å². The number of aromatic nitrogens is 3. The van der Waals surface area contributed by atoms with E-state index in [4.69, 9.17) is 0 Å². The second-order valence-corrected chi connectivity index (χ2v) is 7.72. The van der Waals surface area contributed by atoms with Gasteiger partial charge in [-0.2, -0.15) is 5.10 Å². The highest BCUT2D eigenvalue weighted by Crippen LogP contribution is 2.17. The molecule has 0 radical (unpaired) electrons. The van der Waals surface area contributed by atoms with E-state index in [1.807, 2.05) is 12.1 Å². The van der Waals surface area contributed by atoms with Crippen LogP contribution in [0.2, 0.25) is 0 Å². The number of amides is 4. The smallest absolute Gasteiger partial charge is 0.332 e. The number of aryl methyl sites for hydroxylation is 1. The molecule has 11 heteroatoms. The summed E-state index contributed by atoms with van der Waals surface area (Å²) in [6.07, 6.45) is 4.29. The van der Waals surface area contributed by atoms with Gasteiger partial charge in [0.1, 0.15) is 0 Å². The number of pyridine rings is 1. The first-order chi connectivity index (χ1) is 12.3. The molecule has 0 unspecified atom stereocenters. The Kier molecular flexibility index (Phi) is 4.64. The molecule has 0 saturated carbocycles. The molecular weight excluding hydrogens is 360 g/mol. The second-order valence-electron chi connectivity index (χ2n) is 5.81. The predicted octanol–water partition coefficient (Wildman–Crippen LogP) is 0.389. The van der Waals surface area contributed by atoms with E-state index in [0.717, 1.165) is 22.4 Å². The molecule has 0 bridgehead atoms. The van der Waals surface area contributed by atoms with Crippen LogP contribution in [0, 0.1) is 0 Å². The Labute approximate surface area is 150 Å². The zero-order valence-corrected chi connectivity index (χ0v) is 15.1. The van der Waals surface area contributed by atoms with Gasteiger partial charge in [0.15, 0.2) is 0 Å². The molecule has 26 heavy (non-hydrogen) atoms. The largest absolute Gasteiger partial charge is 0.341 e. The highest BCUT2D eigenvalue weighted by Gasteiger charge is 2.38. The number of hydrogen-bond acceptors (Lipinski definition) is 6. The standard InChI is InChI=1S/C15H18N6O4S/c1-19-12(8-13(18-19)11-4-3-5-16-9-11)10-17-14(22)20-6-7-21(15(20)23)26(2,24)25/h3-5,8-9H,6-7,10H2,1-2H3,(H,17,22). The number of nitrogens with one attached hydrogen (secondary N) is 1. The molecule has 1 aliphatic heterocycles. The summed E-state index contributed by atoms with van der Waals surface area (Å²) < 4.78 is 25.3. The third-order valence-electron chi connectivity index (χ3n) is 3.97. The molecule has 4 amide bonds. The Hall–Kier alpha value is -2.95. The van der Waals surface area contributed by atoms with Gasteiger partial charge in [-0.25, -0.2) is 27.2 Å². The number of rotatable bonds is 4. The van der Waals surface area contributed by atoms with Crippen LogP contribution in [0.3, 0.4) is 0 Å². The number of carbonyl (C=O) groups excluding carboxylic acids is 2. The minimum atomic E-state index is -3.68. The molecule has 1 saturated heterocycles. The van der Waals surface area contributed by atoms with E-state index in [0.29, 0.717) is 10.00 Å². The molecule has 3 heterocycles. The summed E-state index contributed by atoms with van der Waals surface area (Å²) in [5, 5.41) is 6.99. The van der Waals surface area contributed by atoms with Crippen molar-refractivity contribution in [3.63, 3.8) is 0 Å². The van der Waals surface area contributed by atoms with Crippen molar-refractivity contribution in [2.45, 2.75) is 6.54 Å². The van der Waals surface area contributed by atoms with Crippen LogP contribution in [0.1, 0.15) is 5.69 Å². The number of urea groups is 2. The average molecular weight is 378 g/mol. The van der Waals surface area contributed by atoms with Gasteiger partial charge in [0.2, 0.25) is 10.0 Å². The van der Waals surface area contributed by atoms with Crippen LogP contribution in [0.25, 0.3) is 11.3 Å². The first-order valence-corrected chi connectivity index (χ1v) is 9.62. The van der Waals surface area contributed by atoms with Crippen molar-refractivity contribution in [3.8, 4) is 11.3 Å². The van der Waals surface area contributed by atoms with Gasteiger partial charge < -0.3 is 5.32 Å². The molecule has 1 N–H and O–H groups in total. The number of sulfonamides is 1. The van der Waals surface area contributed by atoms with Gasteiger partial charge in [-0.3, -0.25) is 9.67 Å². The zero-order valence-electron chi connectivity index (χ0n) is 14.3. The lowest BCUT2D eigenvalue weighted by Crippen LogP contribution is -2.43. The first-order valence-electron chi connectivity index (χ1n) is 7.77. The summed E-state index contributed by atoms with van der Waals surface area (Å²) in [6, 6.07) is 4.00. The first kappa shape index (κ1) is 17.9. The minimum absolute atomic E-state index is 0.0179. The molecule has 0 aromatic carbocycles. The molecule has 1 fully saturated rings. The third-order valence-corrected chi connectivity index (χ3v) is 5.11. The van der Waals surface area contributed by atoms with Crippen molar-refractivity contribution >= 4 is 22.1 Å². The van der Waals surface area contributed by atoms with E-state index in [1.165, 1.54) is 0 Å². The predicted molar refractivity (Wildman–Crippen MR) is 92.3 cm³/mol. The Balaban J connectivity index is 1.66. The summed E-state index contributed by atoms with van der Waals surface area (Å²) in [7, 11) is -1.93. The maximum atomic E-state index is 12.2. The Morgan fingerprint density at radius 1 is 1.35 bits per heavy atom. The van der Waals surface area contributed by atoms with Crippen molar-refractivity contribution < 1.29 is 18.0 Å². The van der Waals surface area contributed by atoms with E-state index in [1.54, 1.807) is 30.2 Å². The zero-order chi connectivity index (χ0) is 18.9. The van der Waals surface area contributed by atoms with Gasteiger partial charge >= 0.3 is 12.1 Å². The van der Waals surface area contributed by atoms with E-state index in [2.05, 4.69) is 15.4 Å². The maximum absolute atomic E-state index is 12.2. The molecule has 1 aliphatic rings. The molecule has 2 aromatic rings. The Bertz CT molecular complexity index is 940. The van der Waals surface area contributed by atoms with Crippen molar-refractivity contribution in [2.75, 3.05) is 19.3 Å². The Morgan fingerprint density at radius 3 is 2.73 bits per heavy atom. The topological polar surface area (TPSA) is 118 Å².